The minimum atomic E-state index is -3.24. The number of hydrogen-bond acceptors (Lipinski definition) is 4. The molecular weight excluding hydrogens is 408 g/mol. The summed E-state index contributed by atoms with van der Waals surface area (Å²) in [6.45, 7) is 3.06. The van der Waals surface area contributed by atoms with Crippen molar-refractivity contribution in [3.05, 3.63) is 64.7 Å². The minimum absolute atomic E-state index is 0.0552. The Bertz CT molecular complexity index is 964. The van der Waals surface area contributed by atoms with Crippen LogP contribution in [0.25, 0.3) is 0 Å². The molecular formula is C22H27ClN2O3S. The smallest absolute Gasteiger partial charge is 0.211 e. The fourth-order valence-corrected chi connectivity index (χ4v) is 6.23. The Balaban J connectivity index is 1.59. The number of rotatable bonds is 5. The summed E-state index contributed by atoms with van der Waals surface area (Å²) in [6.07, 6.45) is 2.17. The van der Waals surface area contributed by atoms with Crippen LogP contribution in [0.1, 0.15) is 23.5 Å². The predicted octanol–water partition coefficient (Wildman–Crippen LogP) is 3.60. The van der Waals surface area contributed by atoms with Crippen LogP contribution in [-0.2, 0) is 16.6 Å². The molecule has 2 aliphatic rings. The molecule has 0 saturated carbocycles. The van der Waals surface area contributed by atoms with E-state index in [0.29, 0.717) is 6.54 Å². The van der Waals surface area contributed by atoms with Gasteiger partial charge in [-0.1, -0.05) is 41.9 Å². The summed E-state index contributed by atoms with van der Waals surface area (Å²) in [5.41, 5.74) is 2.29. The maximum Gasteiger partial charge on any atom is 0.211 e. The van der Waals surface area contributed by atoms with Gasteiger partial charge in [-0.3, -0.25) is 4.90 Å². The van der Waals surface area contributed by atoms with E-state index >= 15 is 0 Å². The van der Waals surface area contributed by atoms with E-state index in [0.717, 1.165) is 42.4 Å². The number of nitrogens with zero attached hydrogens (tertiary/aromatic N) is 2. The van der Waals surface area contributed by atoms with Crippen LogP contribution in [0.5, 0.6) is 5.75 Å². The summed E-state index contributed by atoms with van der Waals surface area (Å²) in [5, 5.41) is 0.783. The molecule has 2 aromatic rings. The highest BCUT2D eigenvalue weighted by Crippen LogP contribution is 2.43. The van der Waals surface area contributed by atoms with Crippen molar-refractivity contribution in [3.63, 3.8) is 0 Å². The number of halogens is 1. The summed E-state index contributed by atoms with van der Waals surface area (Å²) in [6, 6.07) is 16.0. The number of hydrogen-bond donors (Lipinski definition) is 0. The maximum atomic E-state index is 12.5. The van der Waals surface area contributed by atoms with Gasteiger partial charge in [-0.05, 0) is 41.7 Å². The first-order valence-corrected chi connectivity index (χ1v) is 12.2. The highest BCUT2D eigenvalue weighted by molar-refractivity contribution is 7.88. The van der Waals surface area contributed by atoms with Crippen LogP contribution in [0.4, 0.5) is 0 Å². The number of piperidine rings is 1. The van der Waals surface area contributed by atoms with Crippen LogP contribution in [0.2, 0.25) is 5.02 Å². The fraction of sp³-hybridized carbons (Fsp3) is 0.455. The van der Waals surface area contributed by atoms with Crippen molar-refractivity contribution < 1.29 is 13.2 Å². The van der Waals surface area contributed by atoms with E-state index < -0.39 is 10.0 Å². The van der Waals surface area contributed by atoms with Gasteiger partial charge in [-0.2, -0.15) is 4.31 Å². The summed E-state index contributed by atoms with van der Waals surface area (Å²) >= 11 is 6.36. The SMILES string of the molecule is COc1ccc([C@H]2CN(S(C)(=O)=O)[C@@H]3CCN(Cc4ccccc4Cl)C[C@H]23)cc1. The molecule has 0 N–H and O–H groups in total. The third-order valence-corrected chi connectivity index (χ3v) is 7.93. The average Bonchev–Trinajstić information content (AvgIpc) is 3.09. The Morgan fingerprint density at radius 3 is 2.48 bits per heavy atom. The van der Waals surface area contributed by atoms with Crippen molar-refractivity contribution >= 4 is 21.6 Å². The Morgan fingerprint density at radius 2 is 1.83 bits per heavy atom. The molecule has 29 heavy (non-hydrogen) atoms. The zero-order chi connectivity index (χ0) is 20.6. The molecule has 5 nitrogen and oxygen atoms in total. The lowest BCUT2D eigenvalue weighted by atomic mass is 9.82. The molecule has 7 heteroatoms. The largest absolute Gasteiger partial charge is 0.497 e. The lowest BCUT2D eigenvalue weighted by Crippen LogP contribution is -2.47. The molecule has 0 bridgehead atoms. The fourth-order valence-electron chi connectivity index (χ4n) is 4.85. The molecule has 2 aliphatic heterocycles. The first kappa shape index (κ1) is 20.7. The van der Waals surface area contributed by atoms with Crippen LogP contribution in [0.3, 0.4) is 0 Å². The van der Waals surface area contributed by atoms with E-state index in [1.807, 2.05) is 30.3 Å². The third kappa shape index (κ3) is 4.31. The number of benzene rings is 2. The first-order valence-electron chi connectivity index (χ1n) is 9.93. The van der Waals surface area contributed by atoms with E-state index in [1.165, 1.54) is 11.8 Å². The van der Waals surface area contributed by atoms with Gasteiger partial charge in [0.25, 0.3) is 0 Å². The van der Waals surface area contributed by atoms with Gasteiger partial charge in [0.2, 0.25) is 10.0 Å². The molecule has 2 heterocycles. The number of likely N-dealkylation sites (tertiary alicyclic amines) is 1. The average molecular weight is 435 g/mol. The second-order valence-corrected chi connectivity index (χ2v) is 10.4. The number of fused-ring (bicyclic) bond motifs is 1. The zero-order valence-corrected chi connectivity index (χ0v) is 18.4. The normalized spacial score (nSPS) is 25.7. The van der Waals surface area contributed by atoms with Crippen molar-refractivity contribution in [1.82, 2.24) is 9.21 Å². The predicted molar refractivity (Wildman–Crippen MR) is 116 cm³/mol. The highest BCUT2D eigenvalue weighted by atomic mass is 35.5. The summed E-state index contributed by atoms with van der Waals surface area (Å²) in [4.78, 5) is 2.41. The molecule has 3 atom stereocenters. The van der Waals surface area contributed by atoms with Crippen molar-refractivity contribution in [2.45, 2.75) is 24.9 Å². The molecule has 4 rings (SSSR count). The topological polar surface area (TPSA) is 49.9 Å². The van der Waals surface area contributed by atoms with E-state index in [1.54, 1.807) is 11.4 Å². The lowest BCUT2D eigenvalue weighted by molar-refractivity contribution is 0.130. The van der Waals surface area contributed by atoms with E-state index in [2.05, 4.69) is 23.1 Å². The van der Waals surface area contributed by atoms with E-state index in [4.69, 9.17) is 16.3 Å². The van der Waals surface area contributed by atoms with Crippen LogP contribution in [0, 0.1) is 5.92 Å². The standard InChI is InChI=1S/C22H27ClN2O3S/c1-28-18-9-7-16(8-10-18)19-15-25(29(2,26)27)22-11-12-24(14-20(19)22)13-17-5-3-4-6-21(17)23/h3-10,19-20,22H,11-15H2,1-2H3/t19-,20-,22-/m1/s1. The first-order chi connectivity index (χ1) is 13.9. The van der Waals surface area contributed by atoms with Gasteiger partial charge in [0.05, 0.1) is 13.4 Å². The lowest BCUT2D eigenvalue weighted by Gasteiger charge is -2.38. The molecule has 0 radical (unpaired) electrons. The number of ether oxygens (including phenoxy) is 1. The minimum Gasteiger partial charge on any atom is -0.497 e. The molecule has 2 aromatic carbocycles. The number of methoxy groups -OCH3 is 1. The maximum absolute atomic E-state index is 12.5. The van der Waals surface area contributed by atoms with Gasteiger partial charge in [-0.15, -0.1) is 0 Å². The van der Waals surface area contributed by atoms with Crippen molar-refractivity contribution in [2.75, 3.05) is 33.0 Å². The van der Waals surface area contributed by atoms with Gasteiger partial charge >= 0.3 is 0 Å². The van der Waals surface area contributed by atoms with Crippen LogP contribution in [0.15, 0.2) is 48.5 Å². The van der Waals surface area contributed by atoms with Gasteiger partial charge in [-0.25, -0.2) is 8.42 Å². The Kier molecular flexibility index (Phi) is 5.89. The van der Waals surface area contributed by atoms with Crippen LogP contribution in [-0.4, -0.2) is 56.7 Å². The Hall–Kier alpha value is -1.60. The van der Waals surface area contributed by atoms with Crippen molar-refractivity contribution in [3.8, 4) is 5.75 Å². The molecule has 156 valence electrons. The molecule has 0 unspecified atom stereocenters. The zero-order valence-electron chi connectivity index (χ0n) is 16.8. The molecule has 2 fully saturated rings. The van der Waals surface area contributed by atoms with Gasteiger partial charge in [0.15, 0.2) is 0 Å². The van der Waals surface area contributed by atoms with Gasteiger partial charge in [0.1, 0.15) is 5.75 Å². The van der Waals surface area contributed by atoms with Gasteiger partial charge < -0.3 is 4.74 Å². The Morgan fingerprint density at radius 1 is 1.10 bits per heavy atom. The van der Waals surface area contributed by atoms with Gasteiger partial charge in [0, 0.05) is 43.2 Å². The molecule has 0 aromatic heterocycles. The monoisotopic (exact) mass is 434 g/mol. The summed E-state index contributed by atoms with van der Waals surface area (Å²) < 4.78 is 31.9. The van der Waals surface area contributed by atoms with Crippen LogP contribution < -0.4 is 4.74 Å². The Labute approximate surface area is 178 Å². The quantitative estimate of drug-likeness (QED) is 0.721. The molecule has 0 aliphatic carbocycles. The van der Waals surface area contributed by atoms with Crippen molar-refractivity contribution in [1.29, 1.82) is 0 Å². The highest BCUT2D eigenvalue weighted by Gasteiger charge is 2.48. The summed E-state index contributed by atoms with van der Waals surface area (Å²) in [7, 11) is -1.59. The second-order valence-electron chi connectivity index (χ2n) is 8.06. The second kappa shape index (κ2) is 8.26. The van der Waals surface area contributed by atoms with E-state index in [9.17, 15) is 8.42 Å². The summed E-state index contributed by atoms with van der Waals surface area (Å²) in [5.74, 6) is 1.25. The molecule has 0 spiro atoms. The third-order valence-electron chi connectivity index (χ3n) is 6.29. The molecule has 2 saturated heterocycles. The molecule has 0 amide bonds. The van der Waals surface area contributed by atoms with Crippen LogP contribution >= 0.6 is 11.6 Å². The van der Waals surface area contributed by atoms with Crippen molar-refractivity contribution in [2.24, 2.45) is 5.92 Å². The van der Waals surface area contributed by atoms with E-state index in [-0.39, 0.29) is 17.9 Å². The number of sulfonamides is 1.